The van der Waals surface area contributed by atoms with Crippen LogP contribution in [0.3, 0.4) is 0 Å². The van der Waals surface area contributed by atoms with Gasteiger partial charge in [0.1, 0.15) is 5.82 Å². The van der Waals surface area contributed by atoms with E-state index in [0.717, 1.165) is 18.9 Å². The highest BCUT2D eigenvalue weighted by molar-refractivity contribution is 7.92. The van der Waals surface area contributed by atoms with E-state index in [9.17, 15) is 8.42 Å². The molecule has 6 heteroatoms. The molecule has 0 aliphatic carbocycles. The van der Waals surface area contributed by atoms with Gasteiger partial charge in [-0.3, -0.25) is 4.72 Å². The van der Waals surface area contributed by atoms with Crippen LogP contribution in [-0.2, 0) is 10.0 Å². The SMILES string of the molecule is CCCS(=O)(=O)Nc1ccc(N(CC)CC)nc1. The third kappa shape index (κ3) is 4.18. The maximum absolute atomic E-state index is 11.6. The summed E-state index contributed by atoms with van der Waals surface area (Å²) in [5.74, 6) is 0.989. The third-order valence-electron chi connectivity index (χ3n) is 2.58. The topological polar surface area (TPSA) is 62.3 Å². The number of anilines is 2. The Labute approximate surface area is 109 Å². The van der Waals surface area contributed by atoms with Crippen LogP contribution >= 0.6 is 0 Å². The van der Waals surface area contributed by atoms with E-state index in [1.807, 2.05) is 13.0 Å². The van der Waals surface area contributed by atoms with Gasteiger partial charge in [-0.15, -0.1) is 0 Å². The van der Waals surface area contributed by atoms with Crippen LogP contribution in [0.4, 0.5) is 11.5 Å². The third-order valence-corrected chi connectivity index (χ3v) is 4.07. The Bertz CT molecular complexity index is 453. The molecule has 1 rings (SSSR count). The number of rotatable bonds is 7. The number of aromatic nitrogens is 1. The minimum absolute atomic E-state index is 0.130. The lowest BCUT2D eigenvalue weighted by atomic mass is 10.4. The molecule has 0 saturated carbocycles. The van der Waals surface area contributed by atoms with Crippen molar-refractivity contribution in [1.29, 1.82) is 0 Å². The predicted octanol–water partition coefficient (Wildman–Crippen LogP) is 2.08. The fourth-order valence-electron chi connectivity index (χ4n) is 1.68. The van der Waals surface area contributed by atoms with Gasteiger partial charge in [0.2, 0.25) is 10.0 Å². The predicted molar refractivity (Wildman–Crippen MR) is 75.5 cm³/mol. The van der Waals surface area contributed by atoms with Gasteiger partial charge in [-0.05, 0) is 32.4 Å². The molecule has 0 aliphatic rings. The minimum atomic E-state index is -3.23. The average molecular weight is 271 g/mol. The van der Waals surface area contributed by atoms with Gasteiger partial charge in [0, 0.05) is 13.1 Å². The van der Waals surface area contributed by atoms with Crippen molar-refractivity contribution in [3.8, 4) is 0 Å². The second-order valence-electron chi connectivity index (χ2n) is 4.00. The van der Waals surface area contributed by atoms with Crippen LogP contribution in [0, 0.1) is 0 Å². The summed E-state index contributed by atoms with van der Waals surface area (Å²) in [4.78, 5) is 6.37. The second kappa shape index (κ2) is 6.58. The van der Waals surface area contributed by atoms with Gasteiger partial charge in [0.25, 0.3) is 0 Å². The van der Waals surface area contributed by atoms with Crippen molar-refractivity contribution in [3.63, 3.8) is 0 Å². The molecule has 18 heavy (non-hydrogen) atoms. The molecule has 0 unspecified atom stereocenters. The van der Waals surface area contributed by atoms with Crippen molar-refractivity contribution in [2.45, 2.75) is 27.2 Å². The summed E-state index contributed by atoms with van der Waals surface area (Å²) in [5, 5.41) is 0. The summed E-state index contributed by atoms with van der Waals surface area (Å²) in [5.41, 5.74) is 0.513. The number of sulfonamides is 1. The van der Waals surface area contributed by atoms with Gasteiger partial charge in [-0.1, -0.05) is 6.92 Å². The first-order valence-electron chi connectivity index (χ1n) is 6.23. The molecule has 102 valence electrons. The average Bonchev–Trinajstić information content (AvgIpc) is 2.32. The van der Waals surface area contributed by atoms with Crippen molar-refractivity contribution in [1.82, 2.24) is 4.98 Å². The van der Waals surface area contributed by atoms with Crippen LogP contribution in [0.1, 0.15) is 27.2 Å². The van der Waals surface area contributed by atoms with Crippen molar-refractivity contribution < 1.29 is 8.42 Å². The van der Waals surface area contributed by atoms with Gasteiger partial charge in [0.15, 0.2) is 0 Å². The molecule has 5 nitrogen and oxygen atoms in total. The van der Waals surface area contributed by atoms with E-state index in [1.165, 1.54) is 0 Å². The van der Waals surface area contributed by atoms with E-state index in [1.54, 1.807) is 12.3 Å². The first-order chi connectivity index (χ1) is 8.52. The Morgan fingerprint density at radius 1 is 1.22 bits per heavy atom. The molecule has 0 fully saturated rings. The van der Waals surface area contributed by atoms with Crippen molar-refractivity contribution in [3.05, 3.63) is 18.3 Å². The van der Waals surface area contributed by atoms with Crippen LogP contribution in [0.25, 0.3) is 0 Å². The lowest BCUT2D eigenvalue weighted by molar-refractivity contribution is 0.600. The minimum Gasteiger partial charge on any atom is -0.357 e. The molecule has 0 aliphatic heterocycles. The number of nitrogens with one attached hydrogen (secondary N) is 1. The van der Waals surface area contributed by atoms with Crippen molar-refractivity contribution >= 4 is 21.5 Å². The molecule has 0 atom stereocenters. The zero-order chi connectivity index (χ0) is 13.6. The van der Waals surface area contributed by atoms with Gasteiger partial charge in [-0.25, -0.2) is 13.4 Å². The van der Waals surface area contributed by atoms with E-state index < -0.39 is 10.0 Å². The van der Waals surface area contributed by atoms with E-state index in [0.29, 0.717) is 12.1 Å². The zero-order valence-corrected chi connectivity index (χ0v) is 12.0. The summed E-state index contributed by atoms with van der Waals surface area (Å²) in [6.45, 7) is 7.71. The maximum atomic E-state index is 11.6. The summed E-state index contributed by atoms with van der Waals surface area (Å²) in [6.07, 6.45) is 2.15. The molecular weight excluding hydrogens is 250 g/mol. The Morgan fingerprint density at radius 2 is 1.89 bits per heavy atom. The van der Waals surface area contributed by atoms with E-state index in [4.69, 9.17) is 0 Å². The Hall–Kier alpha value is -1.30. The van der Waals surface area contributed by atoms with Crippen LogP contribution in [-0.4, -0.2) is 32.2 Å². The lowest BCUT2D eigenvalue weighted by Gasteiger charge is -2.19. The molecule has 1 heterocycles. The molecule has 1 aromatic rings. The molecule has 1 aromatic heterocycles. The summed E-state index contributed by atoms with van der Waals surface area (Å²) < 4.78 is 25.7. The molecular formula is C12H21N3O2S. The molecule has 0 bridgehead atoms. The second-order valence-corrected chi connectivity index (χ2v) is 5.84. The quantitative estimate of drug-likeness (QED) is 0.824. The number of hydrogen-bond donors (Lipinski definition) is 1. The summed E-state index contributed by atoms with van der Waals surface area (Å²) >= 11 is 0. The summed E-state index contributed by atoms with van der Waals surface area (Å²) in [7, 11) is -3.23. The van der Waals surface area contributed by atoms with Gasteiger partial charge >= 0.3 is 0 Å². The molecule has 0 radical (unpaired) electrons. The number of hydrogen-bond acceptors (Lipinski definition) is 4. The number of nitrogens with zero attached hydrogens (tertiary/aromatic N) is 2. The standard InChI is InChI=1S/C12H21N3O2S/c1-4-9-18(16,17)14-11-7-8-12(13-10-11)15(5-2)6-3/h7-8,10,14H,4-6,9H2,1-3H3. The van der Waals surface area contributed by atoms with Gasteiger partial charge in [-0.2, -0.15) is 0 Å². The van der Waals surface area contributed by atoms with E-state index in [2.05, 4.69) is 28.5 Å². The normalized spacial score (nSPS) is 11.3. The maximum Gasteiger partial charge on any atom is 0.232 e. The Kier molecular flexibility index (Phi) is 5.40. The van der Waals surface area contributed by atoms with Crippen LogP contribution in [0.2, 0.25) is 0 Å². The monoisotopic (exact) mass is 271 g/mol. The first-order valence-corrected chi connectivity index (χ1v) is 7.89. The summed E-state index contributed by atoms with van der Waals surface area (Å²) in [6, 6.07) is 3.57. The first kappa shape index (κ1) is 14.8. The number of pyridine rings is 1. The largest absolute Gasteiger partial charge is 0.357 e. The smallest absolute Gasteiger partial charge is 0.232 e. The van der Waals surface area contributed by atoms with E-state index >= 15 is 0 Å². The molecule has 0 saturated heterocycles. The Morgan fingerprint density at radius 3 is 2.33 bits per heavy atom. The van der Waals surface area contributed by atoms with Crippen LogP contribution in [0.15, 0.2) is 18.3 Å². The highest BCUT2D eigenvalue weighted by Gasteiger charge is 2.09. The molecule has 0 spiro atoms. The van der Waals surface area contributed by atoms with Crippen LogP contribution < -0.4 is 9.62 Å². The molecule has 0 aromatic carbocycles. The Balaban J connectivity index is 2.77. The van der Waals surface area contributed by atoms with Crippen molar-refractivity contribution in [2.24, 2.45) is 0 Å². The fourth-order valence-corrected chi connectivity index (χ4v) is 2.80. The highest BCUT2D eigenvalue weighted by Crippen LogP contribution is 2.15. The van der Waals surface area contributed by atoms with Crippen LogP contribution in [0.5, 0.6) is 0 Å². The van der Waals surface area contributed by atoms with Gasteiger partial charge in [0.05, 0.1) is 17.6 Å². The fraction of sp³-hybridized carbons (Fsp3) is 0.583. The van der Waals surface area contributed by atoms with Gasteiger partial charge < -0.3 is 4.90 Å². The lowest BCUT2D eigenvalue weighted by Crippen LogP contribution is -2.23. The highest BCUT2D eigenvalue weighted by atomic mass is 32.2. The zero-order valence-electron chi connectivity index (χ0n) is 11.2. The van der Waals surface area contributed by atoms with Crippen molar-refractivity contribution in [2.75, 3.05) is 28.5 Å². The molecule has 0 amide bonds. The molecule has 1 N–H and O–H groups in total. The van der Waals surface area contributed by atoms with E-state index in [-0.39, 0.29) is 5.75 Å².